The minimum Gasteiger partial charge on any atom is -0.309 e. The second-order valence-corrected chi connectivity index (χ2v) is 5.98. The summed E-state index contributed by atoms with van der Waals surface area (Å²) in [5.41, 5.74) is 2.40. The van der Waals surface area contributed by atoms with E-state index >= 15 is 0 Å². The van der Waals surface area contributed by atoms with Crippen molar-refractivity contribution < 1.29 is 4.79 Å². The number of carbonyl (C=O) groups is 1. The van der Waals surface area contributed by atoms with Crippen LogP contribution in [0, 0.1) is 0 Å². The number of carbonyl (C=O) groups excluding carboxylic acids is 1. The number of hydrogen-bond donors (Lipinski definition) is 0. The summed E-state index contributed by atoms with van der Waals surface area (Å²) in [6.07, 6.45) is 5.12. The topological polar surface area (TPSA) is 51.0 Å². The molecule has 1 aromatic heterocycles. The average molecular weight is 298 g/mol. The van der Waals surface area contributed by atoms with Gasteiger partial charge in [-0.25, -0.2) is 9.67 Å². The molecule has 1 aromatic carbocycles. The van der Waals surface area contributed by atoms with Crippen molar-refractivity contribution in [1.29, 1.82) is 0 Å². The Labute approximate surface area is 131 Å². The molecule has 2 aromatic rings. The Bertz CT molecular complexity index is 661. The Kier molecular flexibility index (Phi) is 3.72. The third kappa shape index (κ3) is 2.12. The molecule has 0 fully saturated rings. The average Bonchev–Trinajstić information content (AvgIpc) is 3.20. The van der Waals surface area contributed by atoms with Crippen LogP contribution in [-0.4, -0.2) is 27.2 Å². The van der Waals surface area contributed by atoms with Crippen LogP contribution in [0.1, 0.15) is 45.2 Å². The van der Waals surface area contributed by atoms with Gasteiger partial charge in [0.25, 0.3) is 5.91 Å². The molecular weight excluding hydrogens is 276 g/mol. The number of nitrogens with zero attached hydrogens (tertiary/aromatic N) is 4. The molecule has 0 radical (unpaired) electrons. The molecule has 0 N–H and O–H groups in total. The lowest BCUT2D eigenvalue weighted by molar-refractivity contribution is -0.121. The van der Waals surface area contributed by atoms with Gasteiger partial charge >= 0.3 is 0 Å². The van der Waals surface area contributed by atoms with Crippen molar-refractivity contribution in [3.8, 4) is 0 Å². The summed E-state index contributed by atoms with van der Waals surface area (Å²) in [6.45, 7) is 7.03. The quantitative estimate of drug-likeness (QED) is 0.872. The van der Waals surface area contributed by atoms with Crippen molar-refractivity contribution in [3.05, 3.63) is 42.5 Å². The van der Waals surface area contributed by atoms with Crippen molar-refractivity contribution in [3.63, 3.8) is 0 Å². The number of hydrogen-bond acceptors (Lipinski definition) is 3. The highest BCUT2D eigenvalue weighted by Crippen LogP contribution is 2.45. The third-order valence-electron chi connectivity index (χ3n) is 5.04. The number of rotatable bonds is 4. The van der Waals surface area contributed by atoms with Gasteiger partial charge in [0.1, 0.15) is 18.7 Å². The fourth-order valence-electron chi connectivity index (χ4n) is 3.44. The zero-order valence-electron chi connectivity index (χ0n) is 13.4. The van der Waals surface area contributed by atoms with E-state index in [1.54, 1.807) is 11.0 Å². The van der Waals surface area contributed by atoms with Gasteiger partial charge in [-0.1, -0.05) is 32.0 Å². The van der Waals surface area contributed by atoms with Crippen molar-refractivity contribution in [2.75, 3.05) is 11.4 Å². The standard InChI is InChI=1S/C17H22N4O/c1-4-17(5-2)10-20(15-9-7-6-8-14(15)17)16(22)13(3)21-12-18-11-19-21/h6-9,11-13H,4-5,10H2,1-3H3. The fraction of sp³-hybridized carbons (Fsp3) is 0.471. The van der Waals surface area contributed by atoms with E-state index in [2.05, 4.69) is 36.1 Å². The molecule has 0 aliphatic carbocycles. The summed E-state index contributed by atoms with van der Waals surface area (Å²) in [4.78, 5) is 18.8. The number of fused-ring (bicyclic) bond motifs is 1. The maximum atomic E-state index is 13.0. The molecule has 1 unspecified atom stereocenters. The van der Waals surface area contributed by atoms with E-state index < -0.39 is 0 Å². The van der Waals surface area contributed by atoms with E-state index in [1.807, 2.05) is 24.0 Å². The Morgan fingerprint density at radius 2 is 2.05 bits per heavy atom. The van der Waals surface area contributed by atoms with Gasteiger partial charge in [-0.3, -0.25) is 4.79 Å². The summed E-state index contributed by atoms with van der Waals surface area (Å²) in [5.74, 6) is 0.0710. The number of benzene rings is 1. The largest absolute Gasteiger partial charge is 0.309 e. The fourth-order valence-corrected chi connectivity index (χ4v) is 3.44. The SMILES string of the molecule is CCC1(CC)CN(C(=O)C(C)n2cncn2)c2ccccc21. The highest BCUT2D eigenvalue weighted by atomic mass is 16.2. The summed E-state index contributed by atoms with van der Waals surface area (Å²) in [6, 6.07) is 7.93. The van der Waals surface area contributed by atoms with Gasteiger partial charge in [-0.15, -0.1) is 0 Å². The van der Waals surface area contributed by atoms with Gasteiger partial charge < -0.3 is 4.90 Å². The van der Waals surface area contributed by atoms with E-state index in [0.717, 1.165) is 25.1 Å². The lowest BCUT2D eigenvalue weighted by atomic mass is 9.78. The molecule has 0 bridgehead atoms. The molecule has 2 heterocycles. The van der Waals surface area contributed by atoms with Crippen LogP contribution in [-0.2, 0) is 10.2 Å². The van der Waals surface area contributed by atoms with Gasteiger partial charge in [-0.05, 0) is 31.4 Å². The zero-order chi connectivity index (χ0) is 15.7. The van der Waals surface area contributed by atoms with Crippen LogP contribution < -0.4 is 4.90 Å². The second-order valence-electron chi connectivity index (χ2n) is 5.98. The third-order valence-corrected chi connectivity index (χ3v) is 5.04. The van der Waals surface area contributed by atoms with Gasteiger partial charge in [0.15, 0.2) is 0 Å². The Morgan fingerprint density at radius 3 is 2.68 bits per heavy atom. The summed E-state index contributed by atoms with van der Waals surface area (Å²) < 4.78 is 1.61. The molecule has 0 saturated carbocycles. The zero-order valence-corrected chi connectivity index (χ0v) is 13.4. The first-order valence-electron chi connectivity index (χ1n) is 7.88. The van der Waals surface area contributed by atoms with Gasteiger partial charge in [0.05, 0.1) is 0 Å². The predicted octanol–water partition coefficient (Wildman–Crippen LogP) is 2.94. The first kappa shape index (κ1) is 14.8. The summed E-state index contributed by atoms with van der Waals surface area (Å²) >= 11 is 0. The van der Waals surface area contributed by atoms with Crippen molar-refractivity contribution in [2.24, 2.45) is 0 Å². The van der Waals surface area contributed by atoms with E-state index in [0.29, 0.717) is 0 Å². The lowest BCUT2D eigenvalue weighted by Gasteiger charge is -2.28. The molecule has 22 heavy (non-hydrogen) atoms. The highest BCUT2D eigenvalue weighted by Gasteiger charge is 2.43. The first-order chi connectivity index (χ1) is 10.6. The lowest BCUT2D eigenvalue weighted by Crippen LogP contribution is -2.39. The smallest absolute Gasteiger partial charge is 0.251 e. The van der Waals surface area contributed by atoms with Crippen LogP contribution in [0.2, 0.25) is 0 Å². The number of aromatic nitrogens is 3. The van der Waals surface area contributed by atoms with Crippen LogP contribution >= 0.6 is 0 Å². The minimum atomic E-state index is -0.347. The molecule has 1 atom stereocenters. The first-order valence-corrected chi connectivity index (χ1v) is 7.88. The van der Waals surface area contributed by atoms with Crippen LogP contribution in [0.3, 0.4) is 0 Å². The summed E-state index contributed by atoms with van der Waals surface area (Å²) in [5, 5.41) is 4.10. The Balaban J connectivity index is 1.97. The van der Waals surface area contributed by atoms with Crippen LogP contribution in [0.25, 0.3) is 0 Å². The van der Waals surface area contributed by atoms with Gasteiger partial charge in [-0.2, -0.15) is 5.10 Å². The highest BCUT2D eigenvalue weighted by molar-refractivity contribution is 5.98. The van der Waals surface area contributed by atoms with Gasteiger partial charge in [0, 0.05) is 17.6 Å². The Hall–Kier alpha value is -2.17. The number of amides is 1. The van der Waals surface area contributed by atoms with E-state index in [1.165, 1.54) is 11.9 Å². The van der Waals surface area contributed by atoms with Crippen LogP contribution in [0.5, 0.6) is 0 Å². The normalized spacial score (nSPS) is 17.3. The molecule has 1 amide bonds. The molecule has 3 rings (SSSR count). The van der Waals surface area contributed by atoms with Crippen molar-refractivity contribution in [2.45, 2.75) is 45.1 Å². The molecule has 116 valence electrons. The van der Waals surface area contributed by atoms with E-state index in [9.17, 15) is 4.79 Å². The molecule has 5 nitrogen and oxygen atoms in total. The van der Waals surface area contributed by atoms with E-state index in [4.69, 9.17) is 0 Å². The molecule has 1 aliphatic rings. The number of anilines is 1. The molecule has 0 spiro atoms. The second kappa shape index (κ2) is 5.55. The molecule has 5 heteroatoms. The maximum absolute atomic E-state index is 13.0. The van der Waals surface area contributed by atoms with Crippen LogP contribution in [0.15, 0.2) is 36.9 Å². The van der Waals surface area contributed by atoms with Crippen molar-refractivity contribution in [1.82, 2.24) is 14.8 Å². The maximum Gasteiger partial charge on any atom is 0.251 e. The van der Waals surface area contributed by atoms with E-state index in [-0.39, 0.29) is 17.4 Å². The molecule has 1 aliphatic heterocycles. The molecular formula is C17H22N4O. The summed E-state index contributed by atoms with van der Waals surface area (Å²) in [7, 11) is 0. The molecule has 0 saturated heterocycles. The predicted molar refractivity (Wildman–Crippen MR) is 85.8 cm³/mol. The van der Waals surface area contributed by atoms with Gasteiger partial charge in [0.2, 0.25) is 0 Å². The number of para-hydroxylation sites is 1. The Morgan fingerprint density at radius 1 is 1.32 bits per heavy atom. The minimum absolute atomic E-state index is 0.0638. The van der Waals surface area contributed by atoms with Crippen molar-refractivity contribution >= 4 is 11.6 Å². The monoisotopic (exact) mass is 298 g/mol. The van der Waals surface area contributed by atoms with Crippen LogP contribution in [0.4, 0.5) is 5.69 Å².